The molecule has 0 spiro atoms. The Balaban J connectivity index is 1.62. The Hall–Kier alpha value is -2.58. The third-order valence-corrected chi connectivity index (χ3v) is 7.66. The zero-order valence-electron chi connectivity index (χ0n) is 18.4. The molecule has 1 N–H and O–H groups in total. The van der Waals surface area contributed by atoms with Crippen molar-refractivity contribution in [3.63, 3.8) is 0 Å². The first-order valence-electron chi connectivity index (χ1n) is 10.4. The van der Waals surface area contributed by atoms with E-state index in [0.29, 0.717) is 31.7 Å². The highest BCUT2D eigenvalue weighted by molar-refractivity contribution is 7.89. The van der Waals surface area contributed by atoms with Crippen LogP contribution in [0.15, 0.2) is 47.4 Å². The number of nitrogens with zero attached hydrogens (tertiary/aromatic N) is 1. The van der Waals surface area contributed by atoms with E-state index < -0.39 is 10.0 Å². The third-order valence-electron chi connectivity index (χ3n) is 5.74. The molecule has 1 aliphatic heterocycles. The molecule has 1 atom stereocenters. The van der Waals surface area contributed by atoms with E-state index in [4.69, 9.17) is 9.47 Å². The molecule has 31 heavy (non-hydrogen) atoms. The second kappa shape index (κ2) is 9.70. The normalized spacial score (nSPS) is 16.5. The highest BCUT2D eigenvalue weighted by Crippen LogP contribution is 2.30. The summed E-state index contributed by atoms with van der Waals surface area (Å²) < 4.78 is 38.2. The van der Waals surface area contributed by atoms with Gasteiger partial charge >= 0.3 is 0 Å². The van der Waals surface area contributed by atoms with Crippen LogP contribution in [0.25, 0.3) is 0 Å². The van der Waals surface area contributed by atoms with Crippen LogP contribution >= 0.6 is 0 Å². The van der Waals surface area contributed by atoms with E-state index in [1.807, 2.05) is 44.2 Å². The number of amides is 1. The van der Waals surface area contributed by atoms with Gasteiger partial charge in [0.2, 0.25) is 15.9 Å². The van der Waals surface area contributed by atoms with Gasteiger partial charge < -0.3 is 14.8 Å². The molecule has 2 aromatic rings. The lowest BCUT2D eigenvalue weighted by atomic mass is 9.96. The zero-order valence-corrected chi connectivity index (χ0v) is 19.2. The first-order chi connectivity index (χ1) is 14.8. The van der Waals surface area contributed by atoms with Crippen LogP contribution in [0.1, 0.15) is 36.9 Å². The number of methoxy groups -OCH3 is 2. The number of aryl methyl sites for hydroxylation is 1. The molecule has 0 unspecified atom stereocenters. The summed E-state index contributed by atoms with van der Waals surface area (Å²) in [4.78, 5) is 12.9. The molecule has 8 heteroatoms. The summed E-state index contributed by atoms with van der Waals surface area (Å²) in [6.45, 7) is 4.38. The standard InChI is InChI=1S/C23H30N2O5S/c1-16-5-10-21(30-4)22(15-16)31(27,28)25-13-11-19(12-14-25)23(26)24-17(2)18-6-8-20(29-3)9-7-18/h5-10,15,17,19H,11-14H2,1-4H3,(H,24,26)/t17-/m0/s1. The summed E-state index contributed by atoms with van der Waals surface area (Å²) in [5.74, 6) is 0.833. The van der Waals surface area contributed by atoms with Gasteiger partial charge in [0, 0.05) is 19.0 Å². The summed E-state index contributed by atoms with van der Waals surface area (Å²) in [6, 6.07) is 12.5. The van der Waals surface area contributed by atoms with Gasteiger partial charge in [-0.15, -0.1) is 0 Å². The van der Waals surface area contributed by atoms with Gasteiger partial charge in [-0.1, -0.05) is 18.2 Å². The molecule has 0 radical (unpaired) electrons. The van der Waals surface area contributed by atoms with E-state index in [0.717, 1.165) is 16.9 Å². The van der Waals surface area contributed by atoms with E-state index >= 15 is 0 Å². The molecule has 1 saturated heterocycles. The number of hydrogen-bond donors (Lipinski definition) is 1. The lowest BCUT2D eigenvalue weighted by Crippen LogP contribution is -2.43. The van der Waals surface area contributed by atoms with Crippen molar-refractivity contribution in [1.29, 1.82) is 0 Å². The highest BCUT2D eigenvalue weighted by atomic mass is 32.2. The highest BCUT2D eigenvalue weighted by Gasteiger charge is 2.34. The number of sulfonamides is 1. The number of carbonyl (C=O) groups is 1. The predicted molar refractivity (Wildman–Crippen MR) is 119 cm³/mol. The van der Waals surface area contributed by atoms with Crippen LogP contribution in [0, 0.1) is 12.8 Å². The molecule has 3 rings (SSSR count). The quantitative estimate of drug-likeness (QED) is 0.706. The number of rotatable bonds is 7. The van der Waals surface area contributed by atoms with E-state index in [9.17, 15) is 13.2 Å². The van der Waals surface area contributed by atoms with Crippen LogP contribution in [0.2, 0.25) is 0 Å². The molecular formula is C23H30N2O5S. The Morgan fingerprint density at radius 1 is 1.06 bits per heavy atom. The molecule has 1 amide bonds. The minimum atomic E-state index is -3.68. The molecule has 0 bridgehead atoms. The van der Waals surface area contributed by atoms with Gasteiger partial charge in [-0.3, -0.25) is 4.79 Å². The van der Waals surface area contributed by atoms with Crippen LogP contribution in [-0.2, 0) is 14.8 Å². The van der Waals surface area contributed by atoms with Crippen LogP contribution in [0.3, 0.4) is 0 Å². The summed E-state index contributed by atoms with van der Waals surface area (Å²) in [5.41, 5.74) is 1.84. The third kappa shape index (κ3) is 5.19. The lowest BCUT2D eigenvalue weighted by Gasteiger charge is -2.31. The van der Waals surface area contributed by atoms with Crippen molar-refractivity contribution in [1.82, 2.24) is 9.62 Å². The van der Waals surface area contributed by atoms with E-state index in [-0.39, 0.29) is 22.8 Å². The number of carbonyl (C=O) groups excluding carboxylic acids is 1. The van der Waals surface area contributed by atoms with Crippen LogP contribution < -0.4 is 14.8 Å². The Morgan fingerprint density at radius 3 is 2.29 bits per heavy atom. The molecule has 0 aliphatic carbocycles. The number of hydrogen-bond acceptors (Lipinski definition) is 5. The Labute approximate surface area is 184 Å². The van der Waals surface area contributed by atoms with Crippen molar-refractivity contribution in [2.75, 3.05) is 27.3 Å². The number of ether oxygens (including phenoxy) is 2. The molecular weight excluding hydrogens is 416 g/mol. The van der Waals surface area contributed by atoms with Gasteiger partial charge in [-0.05, 0) is 62.1 Å². The zero-order chi connectivity index (χ0) is 22.6. The van der Waals surface area contributed by atoms with Gasteiger partial charge in [0.1, 0.15) is 16.4 Å². The summed E-state index contributed by atoms with van der Waals surface area (Å²) >= 11 is 0. The van der Waals surface area contributed by atoms with Crippen molar-refractivity contribution >= 4 is 15.9 Å². The SMILES string of the molecule is COc1ccc([C@H](C)NC(=O)C2CCN(S(=O)(=O)c3cc(C)ccc3OC)CC2)cc1. The second-order valence-electron chi connectivity index (χ2n) is 7.84. The van der Waals surface area contributed by atoms with Crippen molar-refractivity contribution in [2.45, 2.75) is 37.6 Å². The fourth-order valence-corrected chi connectivity index (χ4v) is 5.50. The fourth-order valence-electron chi connectivity index (χ4n) is 3.79. The summed E-state index contributed by atoms with van der Waals surface area (Å²) in [5, 5.41) is 3.05. The van der Waals surface area contributed by atoms with Gasteiger partial charge in [-0.25, -0.2) is 8.42 Å². The number of benzene rings is 2. The van der Waals surface area contributed by atoms with Gasteiger partial charge in [0.25, 0.3) is 0 Å². The van der Waals surface area contributed by atoms with Crippen molar-refractivity contribution in [3.8, 4) is 11.5 Å². The van der Waals surface area contributed by atoms with Crippen molar-refractivity contribution < 1.29 is 22.7 Å². The Morgan fingerprint density at radius 2 is 1.71 bits per heavy atom. The first-order valence-corrected chi connectivity index (χ1v) is 11.8. The topological polar surface area (TPSA) is 84.9 Å². The second-order valence-corrected chi connectivity index (χ2v) is 9.74. The van der Waals surface area contributed by atoms with Gasteiger partial charge in [-0.2, -0.15) is 4.31 Å². The molecule has 0 saturated carbocycles. The maximum absolute atomic E-state index is 13.1. The monoisotopic (exact) mass is 446 g/mol. The molecule has 2 aromatic carbocycles. The van der Waals surface area contributed by atoms with E-state index in [1.165, 1.54) is 11.4 Å². The number of nitrogens with one attached hydrogen (secondary N) is 1. The molecule has 168 valence electrons. The maximum atomic E-state index is 13.1. The van der Waals surface area contributed by atoms with Gasteiger partial charge in [0.05, 0.1) is 20.3 Å². The van der Waals surface area contributed by atoms with Crippen molar-refractivity contribution in [3.05, 3.63) is 53.6 Å². The molecule has 1 heterocycles. The maximum Gasteiger partial charge on any atom is 0.246 e. The van der Waals surface area contributed by atoms with Crippen molar-refractivity contribution in [2.24, 2.45) is 5.92 Å². The lowest BCUT2D eigenvalue weighted by molar-refractivity contribution is -0.126. The van der Waals surface area contributed by atoms with Crippen LogP contribution in [0.4, 0.5) is 0 Å². The molecule has 0 aromatic heterocycles. The number of piperidine rings is 1. The van der Waals surface area contributed by atoms with Crippen LogP contribution in [-0.4, -0.2) is 45.9 Å². The average Bonchev–Trinajstić information content (AvgIpc) is 2.79. The molecule has 1 aliphatic rings. The Kier molecular flexibility index (Phi) is 7.23. The minimum absolute atomic E-state index is 0.0477. The average molecular weight is 447 g/mol. The minimum Gasteiger partial charge on any atom is -0.497 e. The van der Waals surface area contributed by atoms with E-state index in [2.05, 4.69) is 5.32 Å². The largest absolute Gasteiger partial charge is 0.497 e. The Bertz CT molecular complexity index is 1010. The van der Waals surface area contributed by atoms with Gasteiger partial charge in [0.15, 0.2) is 0 Å². The van der Waals surface area contributed by atoms with E-state index in [1.54, 1.807) is 19.2 Å². The smallest absolute Gasteiger partial charge is 0.246 e. The van der Waals surface area contributed by atoms with Crippen LogP contribution in [0.5, 0.6) is 11.5 Å². The molecule has 7 nitrogen and oxygen atoms in total. The first kappa shape index (κ1) is 23.1. The predicted octanol–water partition coefficient (Wildman–Crippen LogP) is 3.29. The fraction of sp³-hybridized carbons (Fsp3) is 0.435. The summed E-state index contributed by atoms with van der Waals surface area (Å²) in [7, 11) is -0.609. The molecule has 1 fully saturated rings. The summed E-state index contributed by atoms with van der Waals surface area (Å²) in [6.07, 6.45) is 0.961.